The van der Waals surface area contributed by atoms with Gasteiger partial charge in [0.2, 0.25) is 0 Å². The molecule has 0 saturated carbocycles. The van der Waals surface area contributed by atoms with Gasteiger partial charge in [0.25, 0.3) is 0 Å². The first-order valence-electron chi connectivity index (χ1n) is 6.24. The zero-order valence-corrected chi connectivity index (χ0v) is 10.8. The van der Waals surface area contributed by atoms with Gasteiger partial charge in [-0.05, 0) is 5.56 Å². The molecular formula is C16H15NO3. The topological polar surface area (TPSA) is 80.4 Å². The van der Waals surface area contributed by atoms with Crippen molar-refractivity contribution in [3.8, 4) is 0 Å². The van der Waals surface area contributed by atoms with Gasteiger partial charge in [-0.25, -0.2) is 0 Å². The Morgan fingerprint density at radius 2 is 1.40 bits per heavy atom. The van der Waals surface area contributed by atoms with E-state index in [-0.39, 0.29) is 5.78 Å². The van der Waals surface area contributed by atoms with Crippen molar-refractivity contribution in [1.82, 2.24) is 0 Å². The van der Waals surface area contributed by atoms with Crippen LogP contribution in [-0.2, 0) is 4.79 Å². The number of rotatable bonds is 5. The molecule has 0 aliphatic carbocycles. The lowest BCUT2D eigenvalue weighted by molar-refractivity contribution is -0.138. The fraction of sp³-hybridized carbons (Fsp3) is 0.125. The van der Waals surface area contributed by atoms with Gasteiger partial charge in [-0.2, -0.15) is 0 Å². The van der Waals surface area contributed by atoms with Crippen LogP contribution in [0.25, 0.3) is 0 Å². The van der Waals surface area contributed by atoms with Crippen LogP contribution < -0.4 is 5.73 Å². The first kappa shape index (κ1) is 14.0. The van der Waals surface area contributed by atoms with Gasteiger partial charge in [-0.15, -0.1) is 0 Å². The molecule has 0 aliphatic heterocycles. The number of Topliss-reactive ketones (excluding diaryl/α,β-unsaturated/α-hetero) is 1. The summed E-state index contributed by atoms with van der Waals surface area (Å²) in [5.74, 6) is -2.37. The van der Waals surface area contributed by atoms with Crippen LogP contribution in [0, 0.1) is 0 Å². The van der Waals surface area contributed by atoms with E-state index in [1.807, 2.05) is 0 Å². The number of carbonyl (C=O) groups is 2. The molecule has 4 heteroatoms. The fourth-order valence-electron chi connectivity index (χ4n) is 2.11. The Hall–Kier alpha value is -2.46. The molecular weight excluding hydrogens is 254 g/mol. The Morgan fingerprint density at radius 3 is 1.90 bits per heavy atom. The van der Waals surface area contributed by atoms with Crippen LogP contribution in [0.1, 0.15) is 21.8 Å². The molecule has 0 bridgehead atoms. The Bertz CT molecular complexity index is 596. The zero-order chi connectivity index (χ0) is 14.5. The van der Waals surface area contributed by atoms with Crippen molar-refractivity contribution >= 4 is 11.8 Å². The van der Waals surface area contributed by atoms with E-state index in [4.69, 9.17) is 10.8 Å². The van der Waals surface area contributed by atoms with Gasteiger partial charge >= 0.3 is 5.97 Å². The highest BCUT2D eigenvalue weighted by atomic mass is 16.4. The summed E-state index contributed by atoms with van der Waals surface area (Å²) in [5, 5.41) is 9.13. The maximum Gasteiger partial charge on any atom is 0.321 e. The van der Waals surface area contributed by atoms with Crippen LogP contribution in [0.5, 0.6) is 0 Å². The van der Waals surface area contributed by atoms with Gasteiger partial charge < -0.3 is 10.8 Å². The van der Waals surface area contributed by atoms with Crippen LogP contribution >= 0.6 is 0 Å². The van der Waals surface area contributed by atoms with Crippen LogP contribution in [0.4, 0.5) is 0 Å². The molecule has 0 heterocycles. The zero-order valence-electron chi connectivity index (χ0n) is 10.8. The van der Waals surface area contributed by atoms with Crippen LogP contribution in [0.15, 0.2) is 60.7 Å². The van der Waals surface area contributed by atoms with Gasteiger partial charge in [0.1, 0.15) is 6.04 Å². The van der Waals surface area contributed by atoms with E-state index in [2.05, 4.69) is 0 Å². The highest BCUT2D eigenvalue weighted by Crippen LogP contribution is 2.24. The van der Waals surface area contributed by atoms with Crippen molar-refractivity contribution < 1.29 is 14.7 Å². The number of benzene rings is 2. The summed E-state index contributed by atoms with van der Waals surface area (Å²) in [7, 11) is 0. The highest BCUT2D eigenvalue weighted by Gasteiger charge is 2.32. The Morgan fingerprint density at radius 1 is 0.900 bits per heavy atom. The third-order valence-electron chi connectivity index (χ3n) is 3.14. The Balaban J connectivity index is 2.42. The van der Waals surface area contributed by atoms with Gasteiger partial charge in [0, 0.05) is 5.56 Å². The van der Waals surface area contributed by atoms with Gasteiger partial charge in [-0.1, -0.05) is 60.7 Å². The second kappa shape index (κ2) is 6.12. The number of aliphatic carboxylic acids is 1. The molecule has 0 spiro atoms. The summed E-state index contributed by atoms with van der Waals surface area (Å²) in [6.45, 7) is 0. The monoisotopic (exact) mass is 269 g/mol. The second-order valence-electron chi connectivity index (χ2n) is 4.48. The third kappa shape index (κ3) is 2.92. The molecule has 2 rings (SSSR count). The molecule has 0 aliphatic rings. The molecule has 0 aromatic heterocycles. The van der Waals surface area contributed by atoms with Crippen molar-refractivity contribution in [1.29, 1.82) is 0 Å². The van der Waals surface area contributed by atoms with E-state index in [9.17, 15) is 9.59 Å². The number of hydrogen-bond donors (Lipinski definition) is 2. The molecule has 2 aromatic carbocycles. The number of carbonyl (C=O) groups excluding carboxylic acids is 1. The molecule has 3 N–H and O–H groups in total. The number of hydrogen-bond acceptors (Lipinski definition) is 3. The van der Waals surface area contributed by atoms with Crippen LogP contribution in [-0.4, -0.2) is 22.9 Å². The summed E-state index contributed by atoms with van der Waals surface area (Å²) in [6.07, 6.45) is 0. The third-order valence-corrected chi connectivity index (χ3v) is 3.14. The first-order chi connectivity index (χ1) is 9.61. The quantitative estimate of drug-likeness (QED) is 0.814. The molecule has 0 saturated heterocycles. The first-order valence-corrected chi connectivity index (χ1v) is 6.24. The van der Waals surface area contributed by atoms with Crippen molar-refractivity contribution in [2.75, 3.05) is 0 Å². The molecule has 0 radical (unpaired) electrons. The highest BCUT2D eigenvalue weighted by molar-refractivity contribution is 6.03. The maximum absolute atomic E-state index is 12.5. The minimum atomic E-state index is -1.27. The maximum atomic E-state index is 12.5. The summed E-state index contributed by atoms with van der Waals surface area (Å²) < 4.78 is 0. The Kier molecular flexibility index (Phi) is 4.27. The van der Waals surface area contributed by atoms with E-state index in [0.29, 0.717) is 11.1 Å². The Labute approximate surface area is 116 Å². The van der Waals surface area contributed by atoms with E-state index in [1.165, 1.54) is 0 Å². The lowest BCUT2D eigenvalue weighted by Crippen LogP contribution is -2.40. The summed E-state index contributed by atoms with van der Waals surface area (Å²) in [5.41, 5.74) is 6.77. The standard InChI is InChI=1S/C16H15NO3/c17-14(16(19)20)13(11-7-3-1-4-8-11)15(18)12-9-5-2-6-10-12/h1-10,13-14H,17H2,(H,19,20)/t13?,14-/m0/s1. The molecule has 20 heavy (non-hydrogen) atoms. The molecule has 0 fully saturated rings. The van der Waals surface area contributed by atoms with Crippen molar-refractivity contribution in [3.05, 3.63) is 71.8 Å². The van der Waals surface area contributed by atoms with E-state index in [1.54, 1.807) is 60.7 Å². The average molecular weight is 269 g/mol. The molecule has 4 nitrogen and oxygen atoms in total. The van der Waals surface area contributed by atoms with Crippen molar-refractivity contribution in [2.24, 2.45) is 5.73 Å². The lowest BCUT2D eigenvalue weighted by atomic mass is 9.85. The van der Waals surface area contributed by atoms with Gasteiger partial charge in [0.05, 0.1) is 5.92 Å². The predicted octanol–water partition coefficient (Wildman–Crippen LogP) is 2.06. The van der Waals surface area contributed by atoms with E-state index in [0.717, 1.165) is 0 Å². The smallest absolute Gasteiger partial charge is 0.321 e. The number of nitrogens with two attached hydrogens (primary N) is 1. The summed E-state index contributed by atoms with van der Waals surface area (Å²) >= 11 is 0. The van der Waals surface area contributed by atoms with Gasteiger partial charge in [-0.3, -0.25) is 9.59 Å². The minimum Gasteiger partial charge on any atom is -0.480 e. The largest absolute Gasteiger partial charge is 0.480 e. The number of carboxylic acid groups (broad SMARTS) is 1. The molecule has 102 valence electrons. The van der Waals surface area contributed by atoms with E-state index < -0.39 is 17.9 Å². The normalized spacial score (nSPS) is 13.4. The second-order valence-corrected chi connectivity index (χ2v) is 4.48. The summed E-state index contributed by atoms with van der Waals surface area (Å²) in [4.78, 5) is 23.7. The van der Waals surface area contributed by atoms with Crippen LogP contribution in [0.3, 0.4) is 0 Å². The molecule has 2 aromatic rings. The van der Waals surface area contributed by atoms with Crippen molar-refractivity contribution in [3.63, 3.8) is 0 Å². The van der Waals surface area contributed by atoms with Crippen LogP contribution in [0.2, 0.25) is 0 Å². The van der Waals surface area contributed by atoms with Crippen molar-refractivity contribution in [2.45, 2.75) is 12.0 Å². The van der Waals surface area contributed by atoms with Gasteiger partial charge in [0.15, 0.2) is 5.78 Å². The SMILES string of the molecule is N[C@H](C(=O)O)C(C(=O)c1ccccc1)c1ccccc1. The summed E-state index contributed by atoms with van der Waals surface area (Å²) in [6, 6.07) is 16.1. The molecule has 2 atom stereocenters. The predicted molar refractivity (Wildman–Crippen MR) is 75.6 cm³/mol. The number of carboxylic acids is 1. The average Bonchev–Trinajstić information content (AvgIpc) is 2.49. The molecule has 1 unspecified atom stereocenters. The molecule has 0 amide bonds. The van der Waals surface area contributed by atoms with E-state index >= 15 is 0 Å². The minimum absolute atomic E-state index is 0.285. The fourth-order valence-corrected chi connectivity index (χ4v) is 2.11. The lowest BCUT2D eigenvalue weighted by Gasteiger charge is -2.20. The number of ketones is 1.